The van der Waals surface area contributed by atoms with Crippen LogP contribution in [0.25, 0.3) is 0 Å². The van der Waals surface area contributed by atoms with Gasteiger partial charge in [-0.25, -0.2) is 0 Å². The van der Waals surface area contributed by atoms with Crippen LogP contribution in [0.15, 0.2) is 0 Å². The predicted molar refractivity (Wildman–Crippen MR) is 15.4 cm³/mol. The van der Waals surface area contributed by atoms with Crippen molar-refractivity contribution in [1.82, 2.24) is 0 Å². The van der Waals surface area contributed by atoms with Gasteiger partial charge in [-0.3, -0.25) is 0 Å². The summed E-state index contributed by atoms with van der Waals surface area (Å²) < 4.78 is 37.8. The third kappa shape index (κ3) is 0.206. The van der Waals surface area contributed by atoms with E-state index in [0.717, 1.165) is 0 Å². The molecule has 0 aromatic heterocycles. The van der Waals surface area contributed by atoms with E-state index in [-0.39, 0.29) is 0 Å². The lowest BCUT2D eigenvalue weighted by Gasteiger charge is -1.50. The predicted octanol–water partition coefficient (Wildman–Crippen LogP) is 0.405. The van der Waals surface area contributed by atoms with Crippen molar-refractivity contribution in [3.8, 4) is 0 Å². The molecule has 1 nitrogen and oxygen atoms in total. The van der Waals surface area contributed by atoms with Crippen molar-refractivity contribution < 1.29 is 11.6 Å². The lowest BCUT2D eigenvalue weighted by Crippen LogP contribution is -1.60. The second-order valence-electron chi connectivity index (χ2n) is 0.616. The smallest absolute Gasteiger partial charge is 0.0781 e. The summed E-state index contributed by atoms with van der Waals surface area (Å²) in [7, 11) is 0. The van der Waals surface area contributed by atoms with Gasteiger partial charge in [0.1, 0.15) is 0 Å². The normalized spacial score (nSPS) is 74.0. The third-order valence-corrected chi connectivity index (χ3v) is 0.236. The highest BCUT2D eigenvalue weighted by Gasteiger charge is 2.13. The summed E-state index contributed by atoms with van der Waals surface area (Å²) in [5.74, 6) is 0. The van der Waals surface area contributed by atoms with Crippen LogP contribution in [0.4, 0.5) is 0 Å². The second-order valence-corrected chi connectivity index (χ2v) is 0.616. The summed E-state index contributed by atoms with van der Waals surface area (Å²) >= 11 is 0. The first-order valence-corrected chi connectivity index (χ1v) is 1.02. The zero-order valence-electron chi connectivity index (χ0n) is 6.99. The summed E-state index contributed by atoms with van der Waals surface area (Å²) in [6.07, 6.45) is -1.20. The first-order valence-electron chi connectivity index (χ1n) is 3.52. The summed E-state index contributed by atoms with van der Waals surface area (Å²) in [6.45, 7) is -4.21. The number of ether oxygens (including phenoxy) is 1. The van der Waals surface area contributed by atoms with Gasteiger partial charge in [0.05, 0.1) is 15.4 Å². The Morgan fingerprint density at radius 3 is 3.50 bits per heavy atom. The Morgan fingerprint density at radius 2 is 3.50 bits per heavy atom. The maximum atomic E-state index is 6.75. The van der Waals surface area contributed by atoms with E-state index in [1.807, 2.05) is 0 Å². The fraction of sp³-hybridized carbons (Fsp3) is 1.00. The molecule has 1 heterocycles. The molecule has 0 radical (unpaired) electrons. The first-order chi connectivity index (χ1) is 3.84. The van der Waals surface area contributed by atoms with E-state index < -0.39 is 19.5 Å². The van der Waals surface area contributed by atoms with E-state index in [1.54, 1.807) is 0 Å². The molecule has 0 aliphatic carbocycles. The summed E-state index contributed by atoms with van der Waals surface area (Å²) in [4.78, 5) is 0. The molecule has 0 bridgehead atoms. The van der Waals surface area contributed by atoms with Gasteiger partial charge in [-0.1, -0.05) is 0 Å². The molecule has 0 amide bonds. The van der Waals surface area contributed by atoms with Crippen molar-refractivity contribution in [3.63, 3.8) is 0 Å². The van der Waals surface area contributed by atoms with Crippen molar-refractivity contribution in [3.05, 3.63) is 0 Å². The maximum absolute atomic E-state index is 6.75. The summed E-state index contributed by atoms with van der Waals surface area (Å²) in [5.41, 5.74) is 0. The zero-order valence-corrected chi connectivity index (χ0v) is 1.99. The minimum Gasteiger partial charge on any atom is -0.373 e. The van der Waals surface area contributed by atoms with E-state index in [9.17, 15) is 0 Å². The highest BCUT2D eigenvalue weighted by atomic mass is 16.6. The largest absolute Gasteiger partial charge is 0.373 e. The molecular formula is C3H6O. The van der Waals surface area contributed by atoms with Gasteiger partial charge < -0.3 is 4.74 Å². The summed E-state index contributed by atoms with van der Waals surface area (Å²) in [5, 5.41) is 0. The standard InChI is InChI=1S/C3H6O/c1-3-2-4-3/h3H,2H2,1H3/i1D3,2D2. The molecule has 1 unspecified atom stereocenters. The van der Waals surface area contributed by atoms with E-state index in [0.29, 0.717) is 0 Å². The summed E-state index contributed by atoms with van der Waals surface area (Å²) in [6, 6.07) is 0. The Balaban J connectivity index is 2.52. The Kier molecular flexibility index (Phi) is 0.0499. The molecule has 24 valence electrons. The maximum Gasteiger partial charge on any atom is 0.0781 e. The molecule has 4 heavy (non-hydrogen) atoms. The van der Waals surface area contributed by atoms with Crippen molar-refractivity contribution in [2.75, 3.05) is 6.56 Å². The minimum atomic E-state index is -2.30. The number of rotatable bonds is 0. The van der Waals surface area contributed by atoms with E-state index in [1.165, 1.54) is 0 Å². The molecule has 0 aromatic carbocycles. The molecule has 0 N–H and O–H groups in total. The van der Waals surface area contributed by atoms with Crippen molar-refractivity contribution in [2.45, 2.75) is 13.0 Å². The highest BCUT2D eigenvalue weighted by Crippen LogP contribution is 2.04. The second kappa shape index (κ2) is 0.462. The van der Waals surface area contributed by atoms with Gasteiger partial charge in [0.25, 0.3) is 0 Å². The highest BCUT2D eigenvalue weighted by molar-refractivity contribution is 4.58. The molecule has 0 spiro atoms. The van der Waals surface area contributed by atoms with Crippen LogP contribution in [0.5, 0.6) is 0 Å². The van der Waals surface area contributed by atoms with Crippen molar-refractivity contribution in [2.24, 2.45) is 0 Å². The number of hydrogen-bond acceptors (Lipinski definition) is 1. The Bertz CT molecular complexity index is 127. The number of hydrogen-bond donors (Lipinski definition) is 0. The third-order valence-electron chi connectivity index (χ3n) is 0.236. The molecule has 1 aliphatic rings. The van der Waals surface area contributed by atoms with Crippen LogP contribution in [-0.2, 0) is 4.74 Å². The lowest BCUT2D eigenvalue weighted by atomic mass is 10.6. The monoisotopic (exact) mass is 63.1 g/mol. The number of epoxide rings is 1. The van der Waals surface area contributed by atoms with Crippen molar-refractivity contribution in [1.29, 1.82) is 0 Å². The van der Waals surface area contributed by atoms with E-state index in [2.05, 4.69) is 4.74 Å². The van der Waals surface area contributed by atoms with E-state index in [4.69, 9.17) is 6.85 Å². The Labute approximate surface area is 32.6 Å². The van der Waals surface area contributed by atoms with Crippen LogP contribution in [0.2, 0.25) is 0 Å². The van der Waals surface area contributed by atoms with Gasteiger partial charge in [-0.15, -0.1) is 0 Å². The minimum absolute atomic E-state index is 1.20. The van der Waals surface area contributed by atoms with Gasteiger partial charge in [-0.2, -0.15) is 0 Å². The molecule has 1 rings (SSSR count). The molecular weight excluding hydrogens is 52.0 g/mol. The Hall–Kier alpha value is -0.0400. The quantitative estimate of drug-likeness (QED) is 0.371. The molecule has 1 aliphatic heterocycles. The van der Waals surface area contributed by atoms with Crippen LogP contribution >= 0.6 is 0 Å². The molecule has 0 saturated carbocycles. The molecule has 0 aromatic rings. The average Bonchev–Trinajstić information content (AvgIpc) is 2.10. The van der Waals surface area contributed by atoms with Gasteiger partial charge >= 0.3 is 0 Å². The van der Waals surface area contributed by atoms with Gasteiger partial charge in [0, 0.05) is 4.11 Å². The van der Waals surface area contributed by atoms with Crippen LogP contribution in [-0.4, -0.2) is 12.7 Å². The molecule has 1 saturated heterocycles. The van der Waals surface area contributed by atoms with Gasteiger partial charge in [0.15, 0.2) is 0 Å². The van der Waals surface area contributed by atoms with Crippen LogP contribution in [0.1, 0.15) is 13.7 Å². The Morgan fingerprint density at radius 1 is 2.75 bits per heavy atom. The van der Waals surface area contributed by atoms with E-state index >= 15 is 0 Å². The fourth-order valence-electron chi connectivity index (χ4n) is 0.0340. The topological polar surface area (TPSA) is 12.5 Å². The van der Waals surface area contributed by atoms with Crippen LogP contribution < -0.4 is 0 Å². The van der Waals surface area contributed by atoms with Gasteiger partial charge in [-0.05, 0) is 6.85 Å². The SMILES string of the molecule is [2H]C([2H])([2H])C1OC1([2H])[2H]. The molecule has 1 atom stereocenters. The fourth-order valence-corrected chi connectivity index (χ4v) is 0.0340. The zero-order chi connectivity index (χ0) is 7.28. The molecule has 1 fully saturated rings. The van der Waals surface area contributed by atoms with Crippen LogP contribution in [0.3, 0.4) is 0 Å². The van der Waals surface area contributed by atoms with Crippen molar-refractivity contribution >= 4 is 0 Å². The van der Waals surface area contributed by atoms with Gasteiger partial charge in [0.2, 0.25) is 0 Å². The molecule has 1 heteroatoms. The lowest BCUT2D eigenvalue weighted by molar-refractivity contribution is 0.423. The first kappa shape index (κ1) is 0.432. The average molecular weight is 63.1 g/mol. The van der Waals surface area contributed by atoms with Crippen LogP contribution in [0, 0.1) is 0 Å².